The van der Waals surface area contributed by atoms with Crippen LogP contribution in [-0.2, 0) is 4.79 Å². The molecule has 0 aliphatic heterocycles. The fourth-order valence-corrected chi connectivity index (χ4v) is 2.62. The summed E-state index contributed by atoms with van der Waals surface area (Å²) < 4.78 is 0.910. The molecule has 1 aromatic carbocycles. The number of nitrogens with one attached hydrogen (secondary N) is 1. The minimum atomic E-state index is -1.01. The molecule has 0 bridgehead atoms. The summed E-state index contributed by atoms with van der Waals surface area (Å²) in [5.41, 5.74) is 3.01. The number of nitrogens with zero attached hydrogens (tertiary/aromatic N) is 1. The number of amides is 1. The molecule has 2 rings (SSSR count). The number of aromatic nitrogens is 1. The fourth-order valence-electron chi connectivity index (χ4n) is 1.90. The number of hydrogen-bond donors (Lipinski definition) is 2. The van der Waals surface area contributed by atoms with Gasteiger partial charge in [-0.05, 0) is 24.1 Å². The number of hydrogen-bond acceptors (Lipinski definition) is 4. The third-order valence-electron chi connectivity index (χ3n) is 3.36. The number of carbonyl (C=O) groups excluding carboxylic acids is 1. The van der Waals surface area contributed by atoms with Gasteiger partial charge in [-0.25, -0.2) is 9.78 Å². The van der Waals surface area contributed by atoms with Crippen molar-refractivity contribution in [2.45, 2.75) is 26.3 Å². The van der Waals surface area contributed by atoms with E-state index in [2.05, 4.69) is 10.3 Å². The van der Waals surface area contributed by atoms with Crippen molar-refractivity contribution in [2.24, 2.45) is 5.92 Å². The lowest BCUT2D eigenvalue weighted by Gasteiger charge is -2.20. The lowest BCUT2D eigenvalue weighted by atomic mass is 9.99. The van der Waals surface area contributed by atoms with Crippen LogP contribution in [0.5, 0.6) is 0 Å². The normalized spacial score (nSPS) is 13.9. The largest absolute Gasteiger partial charge is 0.480 e. The van der Waals surface area contributed by atoms with Crippen molar-refractivity contribution in [3.8, 4) is 0 Å². The number of carboxylic acids is 1. The summed E-state index contributed by atoms with van der Waals surface area (Å²) in [6, 6.07) is 4.29. The van der Waals surface area contributed by atoms with Crippen LogP contribution in [0.4, 0.5) is 0 Å². The van der Waals surface area contributed by atoms with Crippen molar-refractivity contribution >= 4 is 33.4 Å². The summed E-state index contributed by atoms with van der Waals surface area (Å²) in [6.07, 6.45) is 0.686. The van der Waals surface area contributed by atoms with E-state index >= 15 is 0 Å². The smallest absolute Gasteiger partial charge is 0.326 e. The first-order chi connectivity index (χ1) is 9.52. The van der Waals surface area contributed by atoms with E-state index in [0.29, 0.717) is 12.0 Å². The van der Waals surface area contributed by atoms with E-state index in [4.69, 9.17) is 0 Å². The lowest BCUT2D eigenvalue weighted by Crippen LogP contribution is -2.45. The summed E-state index contributed by atoms with van der Waals surface area (Å²) in [5, 5.41) is 11.8. The van der Waals surface area contributed by atoms with Gasteiger partial charge in [0.1, 0.15) is 6.04 Å². The monoisotopic (exact) mass is 292 g/mol. The minimum absolute atomic E-state index is 0.122. The van der Waals surface area contributed by atoms with Gasteiger partial charge in [-0.1, -0.05) is 20.3 Å². The molecular formula is C14H16N2O3S. The van der Waals surface area contributed by atoms with Crippen LogP contribution in [0, 0.1) is 5.92 Å². The predicted molar refractivity (Wildman–Crippen MR) is 78.0 cm³/mol. The molecule has 1 aromatic heterocycles. The number of aliphatic carboxylic acids is 1. The average Bonchev–Trinajstić information content (AvgIpc) is 2.90. The number of thiazole rings is 1. The number of benzene rings is 1. The van der Waals surface area contributed by atoms with Crippen molar-refractivity contribution in [3.63, 3.8) is 0 Å². The Bertz CT molecular complexity index is 638. The zero-order valence-corrected chi connectivity index (χ0v) is 12.1. The highest BCUT2D eigenvalue weighted by Gasteiger charge is 2.25. The molecule has 0 spiro atoms. The molecule has 0 radical (unpaired) electrons. The Morgan fingerprint density at radius 1 is 1.45 bits per heavy atom. The topological polar surface area (TPSA) is 79.3 Å². The van der Waals surface area contributed by atoms with E-state index in [1.54, 1.807) is 23.7 Å². The highest BCUT2D eigenvalue weighted by Crippen LogP contribution is 2.19. The molecule has 0 saturated heterocycles. The SMILES string of the molecule is CCC(C)C(NC(=O)c1ccc2ncsc2c1)C(=O)O. The maximum atomic E-state index is 12.2. The molecule has 106 valence electrons. The van der Waals surface area contributed by atoms with Crippen LogP contribution in [0.3, 0.4) is 0 Å². The standard InChI is InChI=1S/C14H16N2O3S/c1-3-8(2)12(14(18)19)16-13(17)9-4-5-10-11(6-9)20-7-15-10/h4-8,12H,3H2,1-2H3,(H,16,17)(H,18,19). The van der Waals surface area contributed by atoms with Gasteiger partial charge in [0.05, 0.1) is 15.7 Å². The number of rotatable bonds is 5. The minimum Gasteiger partial charge on any atom is -0.480 e. The van der Waals surface area contributed by atoms with E-state index in [0.717, 1.165) is 10.2 Å². The fraction of sp³-hybridized carbons (Fsp3) is 0.357. The number of carboxylic acid groups (broad SMARTS) is 1. The Hall–Kier alpha value is -1.95. The maximum absolute atomic E-state index is 12.2. The third kappa shape index (κ3) is 2.96. The quantitative estimate of drug-likeness (QED) is 0.887. The van der Waals surface area contributed by atoms with Crippen molar-refractivity contribution in [1.29, 1.82) is 0 Å². The van der Waals surface area contributed by atoms with Gasteiger partial charge in [0.25, 0.3) is 5.91 Å². The molecule has 0 aliphatic rings. The zero-order chi connectivity index (χ0) is 14.7. The molecule has 5 nitrogen and oxygen atoms in total. The van der Waals surface area contributed by atoms with E-state index < -0.39 is 12.0 Å². The van der Waals surface area contributed by atoms with Gasteiger partial charge in [-0.3, -0.25) is 4.79 Å². The summed E-state index contributed by atoms with van der Waals surface area (Å²) >= 11 is 1.45. The highest BCUT2D eigenvalue weighted by molar-refractivity contribution is 7.16. The lowest BCUT2D eigenvalue weighted by molar-refractivity contribution is -0.140. The van der Waals surface area contributed by atoms with E-state index in [9.17, 15) is 14.7 Å². The molecule has 2 N–H and O–H groups in total. The van der Waals surface area contributed by atoms with Crippen molar-refractivity contribution in [1.82, 2.24) is 10.3 Å². The van der Waals surface area contributed by atoms with Gasteiger partial charge in [0.15, 0.2) is 0 Å². The summed E-state index contributed by atoms with van der Waals surface area (Å²) in [5.74, 6) is -1.50. The summed E-state index contributed by atoms with van der Waals surface area (Å²) in [6.45, 7) is 3.71. The van der Waals surface area contributed by atoms with Crippen LogP contribution >= 0.6 is 11.3 Å². The second-order valence-corrected chi connectivity index (χ2v) is 5.60. The Balaban J connectivity index is 2.19. The Kier molecular flexibility index (Phi) is 4.34. The Labute approximate surface area is 120 Å². The van der Waals surface area contributed by atoms with Crippen LogP contribution < -0.4 is 5.32 Å². The molecule has 1 amide bonds. The van der Waals surface area contributed by atoms with E-state index in [-0.39, 0.29) is 11.8 Å². The van der Waals surface area contributed by atoms with Gasteiger partial charge in [0, 0.05) is 5.56 Å². The molecule has 20 heavy (non-hydrogen) atoms. The zero-order valence-electron chi connectivity index (χ0n) is 11.3. The second-order valence-electron chi connectivity index (χ2n) is 4.71. The van der Waals surface area contributed by atoms with Crippen molar-refractivity contribution in [2.75, 3.05) is 0 Å². The average molecular weight is 292 g/mol. The molecule has 0 aliphatic carbocycles. The Morgan fingerprint density at radius 3 is 2.85 bits per heavy atom. The molecule has 2 unspecified atom stereocenters. The van der Waals surface area contributed by atoms with Gasteiger partial charge in [-0.15, -0.1) is 11.3 Å². The second kappa shape index (κ2) is 6.00. The first-order valence-electron chi connectivity index (χ1n) is 6.39. The van der Waals surface area contributed by atoms with Crippen LogP contribution in [-0.4, -0.2) is 28.0 Å². The molecule has 2 aromatic rings. The molecule has 2 atom stereocenters. The van der Waals surface area contributed by atoms with Gasteiger partial charge < -0.3 is 10.4 Å². The molecule has 6 heteroatoms. The summed E-state index contributed by atoms with van der Waals surface area (Å²) in [4.78, 5) is 27.5. The van der Waals surface area contributed by atoms with E-state index in [1.807, 2.05) is 13.8 Å². The highest BCUT2D eigenvalue weighted by atomic mass is 32.1. The molecule has 0 fully saturated rings. The molecule has 0 saturated carbocycles. The number of carbonyl (C=O) groups is 2. The van der Waals surface area contributed by atoms with Crippen LogP contribution in [0.1, 0.15) is 30.6 Å². The van der Waals surface area contributed by atoms with Crippen molar-refractivity contribution < 1.29 is 14.7 Å². The molecule has 1 heterocycles. The number of fused-ring (bicyclic) bond motifs is 1. The van der Waals surface area contributed by atoms with Crippen LogP contribution in [0.25, 0.3) is 10.2 Å². The van der Waals surface area contributed by atoms with Gasteiger partial charge in [-0.2, -0.15) is 0 Å². The maximum Gasteiger partial charge on any atom is 0.326 e. The summed E-state index contributed by atoms with van der Waals surface area (Å²) in [7, 11) is 0. The Morgan fingerprint density at radius 2 is 2.20 bits per heavy atom. The van der Waals surface area contributed by atoms with Crippen LogP contribution in [0.15, 0.2) is 23.7 Å². The first kappa shape index (κ1) is 14.5. The van der Waals surface area contributed by atoms with Crippen LogP contribution in [0.2, 0.25) is 0 Å². The predicted octanol–water partition coefficient (Wildman–Crippen LogP) is 2.53. The van der Waals surface area contributed by atoms with Crippen molar-refractivity contribution in [3.05, 3.63) is 29.3 Å². The third-order valence-corrected chi connectivity index (χ3v) is 4.15. The van der Waals surface area contributed by atoms with E-state index in [1.165, 1.54) is 11.3 Å². The van der Waals surface area contributed by atoms with Gasteiger partial charge >= 0.3 is 5.97 Å². The first-order valence-corrected chi connectivity index (χ1v) is 7.27. The molecular weight excluding hydrogens is 276 g/mol. The van der Waals surface area contributed by atoms with Gasteiger partial charge in [0.2, 0.25) is 0 Å².